The predicted octanol–water partition coefficient (Wildman–Crippen LogP) is 4.10. The molecule has 1 aromatic heterocycles. The number of carbonyl (C=O) groups excluding carboxylic acids is 1. The molecule has 0 radical (unpaired) electrons. The Kier molecular flexibility index (Phi) is 5.12. The third-order valence-corrected chi connectivity index (χ3v) is 3.71. The highest BCUT2D eigenvalue weighted by molar-refractivity contribution is 6.03. The summed E-state index contributed by atoms with van der Waals surface area (Å²) < 4.78 is 5.11. The van der Waals surface area contributed by atoms with Gasteiger partial charge in [-0.05, 0) is 67.4 Å². The smallest absolute Gasteiger partial charge is 0.274 e. The molecule has 0 bridgehead atoms. The van der Waals surface area contributed by atoms with E-state index in [-0.39, 0.29) is 11.6 Å². The quantitative estimate of drug-likeness (QED) is 0.726. The molecule has 6 nitrogen and oxygen atoms in total. The molecule has 0 aliphatic rings. The van der Waals surface area contributed by atoms with Crippen LogP contribution < -0.4 is 15.4 Å². The Bertz CT molecular complexity index is 903. The van der Waals surface area contributed by atoms with Gasteiger partial charge in [0.05, 0.1) is 7.11 Å². The SMILES string of the molecule is COc1ccc(NC(=O)c2ccnc(Nc3cc(C)cc(C)c3)n2)cc1. The predicted molar refractivity (Wildman–Crippen MR) is 102 cm³/mol. The van der Waals surface area contributed by atoms with Gasteiger partial charge in [-0.1, -0.05) is 6.07 Å². The van der Waals surface area contributed by atoms with Crippen LogP contribution in [0.2, 0.25) is 0 Å². The van der Waals surface area contributed by atoms with Gasteiger partial charge in [-0.3, -0.25) is 4.79 Å². The second kappa shape index (κ2) is 7.65. The highest BCUT2D eigenvalue weighted by Gasteiger charge is 2.10. The Balaban J connectivity index is 1.74. The number of amides is 1. The molecule has 3 rings (SSSR count). The maximum Gasteiger partial charge on any atom is 0.274 e. The van der Waals surface area contributed by atoms with E-state index in [0.29, 0.717) is 11.6 Å². The maximum atomic E-state index is 12.4. The number of benzene rings is 2. The number of ether oxygens (including phenoxy) is 1. The topological polar surface area (TPSA) is 76.1 Å². The molecule has 6 heteroatoms. The van der Waals surface area contributed by atoms with Crippen molar-refractivity contribution in [3.63, 3.8) is 0 Å². The van der Waals surface area contributed by atoms with E-state index in [1.807, 2.05) is 26.0 Å². The second-order valence-electron chi connectivity index (χ2n) is 5.95. The van der Waals surface area contributed by atoms with Gasteiger partial charge >= 0.3 is 0 Å². The fourth-order valence-corrected chi connectivity index (χ4v) is 2.59. The van der Waals surface area contributed by atoms with Crippen LogP contribution in [-0.2, 0) is 0 Å². The van der Waals surface area contributed by atoms with E-state index < -0.39 is 0 Å². The molecule has 0 aliphatic carbocycles. The third-order valence-electron chi connectivity index (χ3n) is 3.71. The van der Waals surface area contributed by atoms with Crippen molar-refractivity contribution in [3.8, 4) is 5.75 Å². The lowest BCUT2D eigenvalue weighted by atomic mass is 10.1. The van der Waals surface area contributed by atoms with E-state index >= 15 is 0 Å². The van der Waals surface area contributed by atoms with Crippen molar-refractivity contribution in [3.05, 3.63) is 71.5 Å². The van der Waals surface area contributed by atoms with Crippen LogP contribution in [-0.4, -0.2) is 23.0 Å². The zero-order valence-electron chi connectivity index (χ0n) is 14.9. The minimum atomic E-state index is -0.305. The lowest BCUT2D eigenvalue weighted by molar-refractivity contribution is 0.102. The fourth-order valence-electron chi connectivity index (χ4n) is 2.59. The summed E-state index contributed by atoms with van der Waals surface area (Å²) in [6, 6.07) is 14.8. The number of rotatable bonds is 5. The van der Waals surface area contributed by atoms with Crippen LogP contribution in [0.1, 0.15) is 21.6 Å². The van der Waals surface area contributed by atoms with E-state index in [1.54, 1.807) is 43.6 Å². The average Bonchev–Trinajstić information content (AvgIpc) is 2.61. The standard InChI is InChI=1S/C20H20N4O2/c1-13-10-14(2)12-16(11-13)23-20-21-9-8-18(24-20)19(25)22-15-4-6-17(26-3)7-5-15/h4-12H,1-3H3,(H,22,25)(H,21,23,24). The Labute approximate surface area is 152 Å². The van der Waals surface area contributed by atoms with Crippen molar-refractivity contribution in [2.24, 2.45) is 0 Å². The lowest BCUT2D eigenvalue weighted by Crippen LogP contribution is -2.14. The molecule has 132 valence electrons. The summed E-state index contributed by atoms with van der Waals surface area (Å²) in [6.07, 6.45) is 1.56. The molecule has 0 saturated heterocycles. The number of hydrogen-bond acceptors (Lipinski definition) is 5. The first-order valence-electron chi connectivity index (χ1n) is 8.17. The van der Waals surface area contributed by atoms with E-state index in [1.165, 1.54) is 0 Å². The molecule has 0 spiro atoms. The van der Waals surface area contributed by atoms with Gasteiger partial charge in [0.15, 0.2) is 0 Å². The van der Waals surface area contributed by atoms with Crippen LogP contribution in [0.4, 0.5) is 17.3 Å². The first-order chi connectivity index (χ1) is 12.5. The third kappa shape index (κ3) is 4.36. The highest BCUT2D eigenvalue weighted by Crippen LogP contribution is 2.18. The van der Waals surface area contributed by atoms with Gasteiger partial charge < -0.3 is 15.4 Å². The summed E-state index contributed by atoms with van der Waals surface area (Å²) in [5.41, 5.74) is 4.11. The molecule has 3 aromatic rings. The molecule has 2 aromatic carbocycles. The Morgan fingerprint density at radius 2 is 1.65 bits per heavy atom. The van der Waals surface area contributed by atoms with Crippen LogP contribution in [0.15, 0.2) is 54.7 Å². The second-order valence-corrected chi connectivity index (χ2v) is 5.95. The minimum absolute atomic E-state index is 0.280. The van der Waals surface area contributed by atoms with Gasteiger partial charge in [-0.2, -0.15) is 0 Å². The number of aromatic nitrogens is 2. The molecular formula is C20H20N4O2. The number of methoxy groups -OCH3 is 1. The summed E-state index contributed by atoms with van der Waals surface area (Å²) >= 11 is 0. The largest absolute Gasteiger partial charge is 0.497 e. The molecule has 0 saturated carbocycles. The van der Waals surface area contributed by atoms with Crippen molar-refractivity contribution in [1.82, 2.24) is 9.97 Å². The fraction of sp³-hybridized carbons (Fsp3) is 0.150. The number of anilines is 3. The first kappa shape index (κ1) is 17.4. The summed E-state index contributed by atoms with van der Waals surface area (Å²) in [5, 5.41) is 5.95. The Hall–Kier alpha value is -3.41. The summed E-state index contributed by atoms with van der Waals surface area (Å²) in [5.74, 6) is 0.795. The zero-order chi connectivity index (χ0) is 18.5. The number of nitrogens with zero attached hydrogens (tertiary/aromatic N) is 2. The molecule has 1 amide bonds. The zero-order valence-corrected chi connectivity index (χ0v) is 14.9. The van der Waals surface area contributed by atoms with Crippen LogP contribution in [0, 0.1) is 13.8 Å². The van der Waals surface area contributed by atoms with Crippen LogP contribution in [0.3, 0.4) is 0 Å². The highest BCUT2D eigenvalue weighted by atomic mass is 16.5. The van der Waals surface area contributed by atoms with Gasteiger partial charge in [0.2, 0.25) is 5.95 Å². The summed E-state index contributed by atoms with van der Waals surface area (Å²) in [4.78, 5) is 20.9. The number of carbonyl (C=O) groups is 1. The van der Waals surface area contributed by atoms with Crippen LogP contribution in [0.5, 0.6) is 5.75 Å². The van der Waals surface area contributed by atoms with Crippen LogP contribution in [0.25, 0.3) is 0 Å². The molecule has 1 heterocycles. The minimum Gasteiger partial charge on any atom is -0.497 e. The van der Waals surface area contributed by atoms with Gasteiger partial charge in [-0.15, -0.1) is 0 Å². The van der Waals surface area contributed by atoms with Crippen molar-refractivity contribution < 1.29 is 9.53 Å². The van der Waals surface area contributed by atoms with E-state index in [9.17, 15) is 4.79 Å². The molecule has 0 fully saturated rings. The van der Waals surface area contributed by atoms with Crippen LogP contribution >= 0.6 is 0 Å². The molecule has 0 aliphatic heterocycles. The summed E-state index contributed by atoms with van der Waals surface area (Å²) in [6.45, 7) is 4.05. The van der Waals surface area contributed by atoms with Crippen molar-refractivity contribution in [1.29, 1.82) is 0 Å². The van der Waals surface area contributed by atoms with Gasteiger partial charge in [-0.25, -0.2) is 9.97 Å². The number of hydrogen-bond donors (Lipinski definition) is 2. The molecular weight excluding hydrogens is 328 g/mol. The molecule has 2 N–H and O–H groups in total. The van der Waals surface area contributed by atoms with E-state index in [4.69, 9.17) is 4.74 Å². The Morgan fingerprint density at radius 1 is 0.962 bits per heavy atom. The summed E-state index contributed by atoms with van der Waals surface area (Å²) in [7, 11) is 1.60. The average molecular weight is 348 g/mol. The Morgan fingerprint density at radius 3 is 2.31 bits per heavy atom. The van der Waals surface area contributed by atoms with Crippen molar-refractivity contribution >= 4 is 23.2 Å². The molecule has 26 heavy (non-hydrogen) atoms. The normalized spacial score (nSPS) is 10.3. The lowest BCUT2D eigenvalue weighted by Gasteiger charge is -2.09. The van der Waals surface area contributed by atoms with Gasteiger partial charge in [0, 0.05) is 17.6 Å². The van der Waals surface area contributed by atoms with E-state index in [0.717, 1.165) is 22.6 Å². The van der Waals surface area contributed by atoms with Gasteiger partial charge in [0.25, 0.3) is 5.91 Å². The van der Waals surface area contributed by atoms with Crippen molar-refractivity contribution in [2.45, 2.75) is 13.8 Å². The first-order valence-corrected chi connectivity index (χ1v) is 8.17. The number of aryl methyl sites for hydroxylation is 2. The van der Waals surface area contributed by atoms with Crippen molar-refractivity contribution in [2.75, 3.05) is 17.7 Å². The van der Waals surface area contributed by atoms with Gasteiger partial charge in [0.1, 0.15) is 11.4 Å². The number of nitrogens with one attached hydrogen (secondary N) is 2. The monoisotopic (exact) mass is 348 g/mol. The molecule has 0 atom stereocenters. The van der Waals surface area contributed by atoms with E-state index in [2.05, 4.69) is 26.7 Å². The molecule has 0 unspecified atom stereocenters. The maximum absolute atomic E-state index is 12.4.